The van der Waals surface area contributed by atoms with Gasteiger partial charge in [-0.25, -0.2) is 0 Å². The number of nitrogens with zero attached hydrogens (tertiary/aromatic N) is 2. The third-order valence-electron chi connectivity index (χ3n) is 6.09. The maximum Gasteiger partial charge on any atom is 0.0117 e. The minimum absolute atomic E-state index is 0.754. The number of piperidine rings is 2. The zero-order valence-corrected chi connectivity index (χ0v) is 12.8. The summed E-state index contributed by atoms with van der Waals surface area (Å²) >= 11 is 0. The van der Waals surface area contributed by atoms with Crippen LogP contribution < -0.4 is 5.32 Å². The summed E-state index contributed by atoms with van der Waals surface area (Å²) < 4.78 is 0. The standard InChI is InChI=1S/C16H31N3/c1-3-19-10-4-15(5-11-19)18(2)13-14-12-16(14)6-8-17-9-7-16/h14-15,17H,3-13H2,1-2H3. The van der Waals surface area contributed by atoms with Crippen molar-refractivity contribution in [3.05, 3.63) is 0 Å². The predicted molar refractivity (Wildman–Crippen MR) is 80.4 cm³/mol. The van der Waals surface area contributed by atoms with E-state index in [2.05, 4.69) is 29.1 Å². The maximum absolute atomic E-state index is 3.51. The largest absolute Gasteiger partial charge is 0.317 e. The Morgan fingerprint density at radius 1 is 1.21 bits per heavy atom. The van der Waals surface area contributed by atoms with Crippen LogP contribution in [0.1, 0.15) is 39.0 Å². The maximum atomic E-state index is 3.51. The van der Waals surface area contributed by atoms with Crippen LogP contribution >= 0.6 is 0 Å². The molecule has 1 atom stereocenters. The molecule has 3 aliphatic rings. The first kappa shape index (κ1) is 13.8. The Balaban J connectivity index is 1.43. The van der Waals surface area contributed by atoms with E-state index in [1.807, 2.05) is 0 Å². The zero-order chi connectivity index (χ0) is 13.3. The summed E-state index contributed by atoms with van der Waals surface area (Å²) in [5, 5.41) is 3.51. The quantitative estimate of drug-likeness (QED) is 0.836. The Kier molecular flexibility index (Phi) is 4.16. The minimum atomic E-state index is 0.754. The van der Waals surface area contributed by atoms with E-state index < -0.39 is 0 Å². The molecule has 3 heteroatoms. The molecule has 19 heavy (non-hydrogen) atoms. The molecule has 0 aromatic carbocycles. The normalized spacial score (nSPS) is 32.1. The number of likely N-dealkylation sites (tertiary alicyclic amines) is 1. The van der Waals surface area contributed by atoms with Gasteiger partial charge in [-0.3, -0.25) is 0 Å². The zero-order valence-electron chi connectivity index (χ0n) is 12.8. The Hall–Kier alpha value is -0.120. The second kappa shape index (κ2) is 5.71. The summed E-state index contributed by atoms with van der Waals surface area (Å²) in [6.45, 7) is 10.0. The molecule has 0 bridgehead atoms. The van der Waals surface area contributed by atoms with E-state index >= 15 is 0 Å². The Morgan fingerprint density at radius 2 is 1.89 bits per heavy atom. The molecule has 0 aromatic rings. The number of nitrogens with one attached hydrogen (secondary N) is 1. The van der Waals surface area contributed by atoms with Gasteiger partial charge < -0.3 is 15.1 Å². The van der Waals surface area contributed by atoms with Crippen molar-refractivity contribution in [1.82, 2.24) is 15.1 Å². The molecule has 3 rings (SSSR count). The van der Waals surface area contributed by atoms with Crippen LogP contribution in [-0.4, -0.2) is 62.2 Å². The van der Waals surface area contributed by atoms with Gasteiger partial charge in [0.2, 0.25) is 0 Å². The number of rotatable bonds is 4. The predicted octanol–water partition coefficient (Wildman–Crippen LogP) is 1.79. The van der Waals surface area contributed by atoms with Crippen molar-refractivity contribution in [3.63, 3.8) is 0 Å². The molecule has 1 aliphatic carbocycles. The van der Waals surface area contributed by atoms with Crippen LogP contribution in [0.5, 0.6) is 0 Å². The minimum Gasteiger partial charge on any atom is -0.317 e. The summed E-state index contributed by atoms with van der Waals surface area (Å²) in [5.41, 5.74) is 0.754. The third kappa shape index (κ3) is 2.98. The fourth-order valence-electron chi connectivity index (χ4n) is 4.40. The highest BCUT2D eigenvalue weighted by molar-refractivity contribution is 5.05. The smallest absolute Gasteiger partial charge is 0.0117 e. The van der Waals surface area contributed by atoms with Gasteiger partial charge in [-0.1, -0.05) is 6.92 Å². The van der Waals surface area contributed by atoms with Crippen LogP contribution in [-0.2, 0) is 0 Å². The van der Waals surface area contributed by atoms with Crippen molar-refractivity contribution in [2.24, 2.45) is 11.3 Å². The first-order chi connectivity index (χ1) is 9.23. The van der Waals surface area contributed by atoms with Gasteiger partial charge in [-0.05, 0) is 83.2 Å². The molecule has 0 radical (unpaired) electrons. The van der Waals surface area contributed by atoms with Crippen LogP contribution in [0.25, 0.3) is 0 Å². The summed E-state index contributed by atoms with van der Waals surface area (Å²) in [4.78, 5) is 5.28. The molecule has 3 fully saturated rings. The highest BCUT2D eigenvalue weighted by Gasteiger charge is 2.53. The van der Waals surface area contributed by atoms with Crippen LogP contribution in [0.3, 0.4) is 0 Å². The molecule has 1 spiro atoms. The van der Waals surface area contributed by atoms with Crippen molar-refractivity contribution in [2.75, 3.05) is 46.3 Å². The highest BCUT2D eigenvalue weighted by Crippen LogP contribution is 2.58. The fraction of sp³-hybridized carbons (Fsp3) is 1.00. The van der Waals surface area contributed by atoms with Crippen LogP contribution in [0.15, 0.2) is 0 Å². The first-order valence-electron chi connectivity index (χ1n) is 8.37. The van der Waals surface area contributed by atoms with E-state index in [1.165, 1.54) is 71.4 Å². The molecule has 110 valence electrons. The summed E-state index contributed by atoms with van der Waals surface area (Å²) in [7, 11) is 2.37. The second-order valence-corrected chi connectivity index (χ2v) is 7.12. The van der Waals surface area contributed by atoms with Crippen molar-refractivity contribution in [3.8, 4) is 0 Å². The van der Waals surface area contributed by atoms with E-state index in [-0.39, 0.29) is 0 Å². The topological polar surface area (TPSA) is 18.5 Å². The van der Waals surface area contributed by atoms with Gasteiger partial charge in [-0.15, -0.1) is 0 Å². The molecule has 2 heterocycles. The van der Waals surface area contributed by atoms with Gasteiger partial charge in [0.15, 0.2) is 0 Å². The monoisotopic (exact) mass is 265 g/mol. The van der Waals surface area contributed by atoms with Gasteiger partial charge in [0.05, 0.1) is 0 Å². The Labute approximate surface area is 118 Å². The molecule has 2 saturated heterocycles. The molecular formula is C16H31N3. The summed E-state index contributed by atoms with van der Waals surface area (Å²) in [6, 6.07) is 0.849. The average molecular weight is 265 g/mol. The number of hydrogen-bond donors (Lipinski definition) is 1. The summed E-state index contributed by atoms with van der Waals surface area (Å²) in [6.07, 6.45) is 7.13. The van der Waals surface area contributed by atoms with E-state index in [4.69, 9.17) is 0 Å². The SMILES string of the molecule is CCN1CCC(N(C)CC2CC23CCNCC3)CC1. The second-order valence-electron chi connectivity index (χ2n) is 7.12. The molecule has 2 aliphatic heterocycles. The van der Waals surface area contributed by atoms with Crippen LogP contribution in [0.4, 0.5) is 0 Å². The van der Waals surface area contributed by atoms with Crippen LogP contribution in [0.2, 0.25) is 0 Å². The molecule has 0 amide bonds. The van der Waals surface area contributed by atoms with E-state index in [0.29, 0.717) is 0 Å². The lowest BCUT2D eigenvalue weighted by Crippen LogP contribution is -2.44. The lowest BCUT2D eigenvalue weighted by Gasteiger charge is -2.37. The molecule has 3 nitrogen and oxygen atoms in total. The van der Waals surface area contributed by atoms with Crippen molar-refractivity contribution >= 4 is 0 Å². The molecule has 0 aromatic heterocycles. The van der Waals surface area contributed by atoms with Crippen molar-refractivity contribution in [2.45, 2.75) is 45.1 Å². The van der Waals surface area contributed by atoms with Gasteiger partial charge in [0.25, 0.3) is 0 Å². The van der Waals surface area contributed by atoms with Gasteiger partial charge in [-0.2, -0.15) is 0 Å². The van der Waals surface area contributed by atoms with Gasteiger partial charge >= 0.3 is 0 Å². The van der Waals surface area contributed by atoms with E-state index in [1.54, 1.807) is 0 Å². The Morgan fingerprint density at radius 3 is 2.53 bits per heavy atom. The van der Waals surface area contributed by atoms with E-state index in [0.717, 1.165) is 17.4 Å². The van der Waals surface area contributed by atoms with Crippen molar-refractivity contribution < 1.29 is 0 Å². The number of hydrogen-bond acceptors (Lipinski definition) is 3. The van der Waals surface area contributed by atoms with Crippen LogP contribution in [0, 0.1) is 11.3 Å². The molecule has 1 N–H and O–H groups in total. The lowest BCUT2D eigenvalue weighted by molar-refractivity contribution is 0.122. The molecular weight excluding hydrogens is 234 g/mol. The average Bonchev–Trinajstić information content (AvgIpc) is 3.11. The van der Waals surface area contributed by atoms with E-state index in [9.17, 15) is 0 Å². The summed E-state index contributed by atoms with van der Waals surface area (Å²) in [5.74, 6) is 1.00. The first-order valence-corrected chi connectivity index (χ1v) is 8.37. The third-order valence-corrected chi connectivity index (χ3v) is 6.09. The fourth-order valence-corrected chi connectivity index (χ4v) is 4.40. The van der Waals surface area contributed by atoms with Gasteiger partial charge in [0.1, 0.15) is 0 Å². The molecule has 1 unspecified atom stereocenters. The highest BCUT2D eigenvalue weighted by atomic mass is 15.2. The van der Waals surface area contributed by atoms with Crippen molar-refractivity contribution in [1.29, 1.82) is 0 Å². The lowest BCUT2D eigenvalue weighted by atomic mass is 9.91. The van der Waals surface area contributed by atoms with Gasteiger partial charge in [0, 0.05) is 12.6 Å². The Bertz CT molecular complexity index is 290. The molecule has 1 saturated carbocycles.